The molecule has 0 saturated carbocycles. The van der Waals surface area contributed by atoms with Gasteiger partial charge in [-0.2, -0.15) is 5.10 Å². The number of anilines is 1. The van der Waals surface area contributed by atoms with E-state index in [-0.39, 0.29) is 41.4 Å². The van der Waals surface area contributed by atoms with E-state index in [1.54, 1.807) is 22.8 Å². The highest BCUT2D eigenvalue weighted by Crippen LogP contribution is 2.33. The first-order chi connectivity index (χ1) is 43.8. The molecule has 92 heavy (non-hydrogen) atoms. The van der Waals surface area contributed by atoms with Crippen molar-refractivity contribution < 1.29 is 97.7 Å². The summed E-state index contributed by atoms with van der Waals surface area (Å²) in [6.07, 6.45) is -11.7. The minimum Gasteiger partial charge on any atom is -0.504 e. The van der Waals surface area contributed by atoms with Gasteiger partial charge >= 0.3 is 0 Å². The minimum absolute atomic E-state index is 0.00574. The van der Waals surface area contributed by atoms with Crippen LogP contribution in [0.2, 0.25) is 0 Å². The molecule has 32 nitrogen and oxygen atoms in total. The van der Waals surface area contributed by atoms with Crippen molar-refractivity contribution in [2.24, 2.45) is 11.7 Å². The standard InChI is InChI=1S/C58H72N12O20S2/c1-26-21-69-48(49(26)78)54(83)60-20-35(72)17-37(61-50(79)32-8-6-31(7-9-32)38-25-70-58(62-38)91-55(66-70)33-10-12-34(13-11-33)67-22-27(2)87-28(3)23-67)51(80)63-45(29(4)71)56(84)68-24-36(73)18-39(68)52(81)64-46(53(82)65-47(57(69)85)42(76)19-44(59)77)41(75)15-30-5-14-40(74)43(16-30)88-92-90-89-86/h5-14,16,25-29,35-37,39,41-42,45-49,71-76,78,86H,15,17-24H2,1-4H3,(H2,59,77)(H,60,83)(H,61,79)(H,63,80)(H,64,81)(H,65,82)/t26?,27-,28+,29?,35?,36?,37?,39?,41?,42?,45?,46?,47?,48?,49?. The number of benzene rings is 3. The monoisotopic (exact) mass is 1320 g/mol. The third-order valence-electron chi connectivity index (χ3n) is 16.2. The number of nitrogens with zero attached hydrogens (tertiary/aromatic N) is 6. The zero-order valence-electron chi connectivity index (χ0n) is 50.0. The van der Waals surface area contributed by atoms with Crippen molar-refractivity contribution in [3.63, 3.8) is 0 Å². The van der Waals surface area contributed by atoms with Crippen LogP contribution < -0.4 is 41.4 Å². The molecular weight excluding hydrogens is 1250 g/mol. The number of amides is 8. The fourth-order valence-corrected chi connectivity index (χ4v) is 12.8. The number of imidazole rings is 1. The van der Waals surface area contributed by atoms with Gasteiger partial charge in [0.1, 0.15) is 41.3 Å². The predicted molar refractivity (Wildman–Crippen MR) is 324 cm³/mol. The van der Waals surface area contributed by atoms with Gasteiger partial charge < -0.3 is 91.7 Å². The summed E-state index contributed by atoms with van der Waals surface area (Å²) in [5.41, 5.74) is 8.59. The van der Waals surface area contributed by atoms with Crippen molar-refractivity contribution in [2.45, 2.75) is 138 Å². The third kappa shape index (κ3) is 16.0. The van der Waals surface area contributed by atoms with Crippen LogP contribution in [0.4, 0.5) is 5.69 Å². The van der Waals surface area contributed by atoms with Gasteiger partial charge in [-0.3, -0.25) is 38.4 Å². The lowest BCUT2D eigenvalue weighted by Gasteiger charge is -2.36. The number of carbonyl (C=O) groups is 8. The number of ether oxygens (including phenoxy) is 1. The quantitative estimate of drug-likeness (QED) is 0.0212. The summed E-state index contributed by atoms with van der Waals surface area (Å²) >= 11 is 1.43. The molecule has 0 bridgehead atoms. The van der Waals surface area contributed by atoms with Crippen LogP contribution in [0.5, 0.6) is 11.5 Å². The molecule has 4 aliphatic rings. The largest absolute Gasteiger partial charge is 0.504 e. The zero-order valence-corrected chi connectivity index (χ0v) is 51.6. The Morgan fingerprint density at radius 2 is 1.46 bits per heavy atom. The van der Waals surface area contributed by atoms with E-state index in [0.717, 1.165) is 58.2 Å². The topological polar surface area (TPSA) is 461 Å². The smallest absolute Gasteiger partial charge is 0.261 e. The van der Waals surface area contributed by atoms with Gasteiger partial charge in [-0.15, -0.1) is 0 Å². The van der Waals surface area contributed by atoms with Gasteiger partial charge in [0.05, 0.1) is 67.1 Å². The number of carbonyl (C=O) groups excluding carboxylic acids is 8. The number of aliphatic hydroxyl groups is 6. The first-order valence-corrected chi connectivity index (χ1v) is 30.8. The molecule has 0 radical (unpaired) electrons. The van der Waals surface area contributed by atoms with E-state index in [2.05, 4.69) is 53.0 Å². The van der Waals surface area contributed by atoms with Gasteiger partial charge in [0, 0.05) is 80.3 Å². The maximum absolute atomic E-state index is 14.7. The summed E-state index contributed by atoms with van der Waals surface area (Å²) in [4.78, 5) is 123. The first kappa shape index (κ1) is 68.2. The molecule has 2 aromatic heterocycles. The second-order valence-electron chi connectivity index (χ2n) is 23.3. The Bertz CT molecular complexity index is 3470. The average molecular weight is 1320 g/mol. The number of phenolic OH excluding ortho intramolecular Hbond substituents is 1. The molecule has 0 aliphatic carbocycles. The number of phenols is 1. The molecule has 4 aliphatic heterocycles. The first-order valence-electron chi connectivity index (χ1n) is 29.3. The highest BCUT2D eigenvalue weighted by molar-refractivity contribution is 7.90. The summed E-state index contributed by atoms with van der Waals surface area (Å²) in [5, 5.41) is 108. The average Bonchev–Trinajstić information content (AvgIpc) is 1.73. The predicted octanol–water partition coefficient (Wildman–Crippen LogP) is -2.37. The Morgan fingerprint density at radius 3 is 2.12 bits per heavy atom. The van der Waals surface area contributed by atoms with Gasteiger partial charge in [-0.25, -0.2) is 14.8 Å². The van der Waals surface area contributed by atoms with Crippen LogP contribution in [0.15, 0.2) is 72.9 Å². The number of nitrogens with two attached hydrogens (primary N) is 1. The van der Waals surface area contributed by atoms with E-state index >= 15 is 0 Å². The Balaban J connectivity index is 0.983. The van der Waals surface area contributed by atoms with Crippen molar-refractivity contribution in [1.29, 1.82) is 0 Å². The van der Waals surface area contributed by atoms with Crippen molar-refractivity contribution in [3.8, 4) is 33.3 Å². The number of aromatic hydroxyl groups is 1. The van der Waals surface area contributed by atoms with Crippen LogP contribution in [-0.4, -0.2) is 230 Å². The van der Waals surface area contributed by atoms with Crippen LogP contribution in [0.25, 0.3) is 26.8 Å². The van der Waals surface area contributed by atoms with Crippen LogP contribution in [0.1, 0.15) is 62.9 Å². The van der Waals surface area contributed by atoms with E-state index in [1.807, 2.05) is 26.0 Å². The van der Waals surface area contributed by atoms with Crippen LogP contribution >= 0.6 is 23.7 Å². The highest BCUT2D eigenvalue weighted by atomic mass is 32.2. The molecule has 5 aromatic rings. The lowest BCUT2D eigenvalue weighted by molar-refractivity contribution is -0.433. The van der Waals surface area contributed by atoms with Gasteiger partial charge in [-0.1, -0.05) is 45.8 Å². The number of morpholine rings is 1. The molecule has 15 atom stereocenters. The molecule has 0 spiro atoms. The minimum atomic E-state index is -2.22. The van der Waals surface area contributed by atoms with Crippen LogP contribution in [-0.2, 0) is 54.1 Å². The molecule has 8 amide bonds. The Hall–Kier alpha value is -8.13. The molecule has 34 heteroatoms. The third-order valence-corrected chi connectivity index (χ3v) is 17.5. The summed E-state index contributed by atoms with van der Waals surface area (Å²) in [6.45, 7) is 6.50. The number of fused-ring (bicyclic) bond motifs is 3. The molecular formula is C58H72N12O20S2. The van der Waals surface area contributed by atoms with Gasteiger partial charge in [0.25, 0.3) is 18.2 Å². The normalized spacial score (nSPS) is 27.4. The number of rotatable bonds is 16. The summed E-state index contributed by atoms with van der Waals surface area (Å²) < 4.78 is 16.8. The van der Waals surface area contributed by atoms with Crippen molar-refractivity contribution in [1.82, 2.24) is 51.0 Å². The molecule has 9 rings (SSSR count). The Labute approximate surface area is 533 Å². The SMILES string of the molecule is CC(O)C1NC(=O)C(NC(=O)c2ccc(-c3cn4nc(-c5ccc(N6C[C@@H](C)O[C@@H](C)C6)cc5)sc4n3)cc2)CC(O)CNC(=O)C2C(O)C(C)CN2C(=O)C(C(O)CC(N)=O)NC(=O)C(C(O)Cc2ccc(O)c(OSOOO)c2)NC(=O)C2CC(O)CN2C1=O. The number of hydrogen-bond acceptors (Lipinski definition) is 25. The number of aromatic nitrogens is 3. The van der Waals surface area contributed by atoms with Crippen LogP contribution in [0.3, 0.4) is 0 Å². The van der Waals surface area contributed by atoms with E-state index < -0.39 is 177 Å². The zero-order chi connectivity index (χ0) is 66.4. The molecule has 6 heterocycles. The number of β-amino-alcohol motifs (C(OH)–C–C–N with tert-alkyl or cyclic N) is 1. The summed E-state index contributed by atoms with van der Waals surface area (Å²) in [6, 6.07) is 6.01. The van der Waals surface area contributed by atoms with E-state index in [4.69, 9.17) is 30.0 Å². The number of nitrogens with one attached hydrogen (secondary N) is 5. The number of hydrogen-bond donors (Lipinski definition) is 14. The fraction of sp³-hybridized carbons (Fsp3) is 0.483. The van der Waals surface area contributed by atoms with Gasteiger partial charge in [0.15, 0.2) is 11.5 Å². The van der Waals surface area contributed by atoms with E-state index in [9.17, 15) is 74.1 Å². The molecule has 13 unspecified atom stereocenters. The van der Waals surface area contributed by atoms with E-state index in [1.165, 1.54) is 36.5 Å². The van der Waals surface area contributed by atoms with Crippen molar-refractivity contribution >= 4 is 81.6 Å². The highest BCUT2D eigenvalue weighted by Gasteiger charge is 2.50. The maximum Gasteiger partial charge on any atom is 0.261 e. The second kappa shape index (κ2) is 29.7. The van der Waals surface area contributed by atoms with Gasteiger partial charge in [0.2, 0.25) is 46.3 Å². The number of aliphatic hydroxyl groups excluding tert-OH is 6. The Morgan fingerprint density at radius 1 is 0.793 bits per heavy atom. The van der Waals surface area contributed by atoms with Crippen LogP contribution in [0, 0.1) is 5.92 Å². The van der Waals surface area contributed by atoms with Gasteiger partial charge in [-0.05, 0) is 74.9 Å². The van der Waals surface area contributed by atoms with Crippen molar-refractivity contribution in [3.05, 3.63) is 84.1 Å². The second-order valence-corrected chi connectivity index (χ2v) is 24.7. The summed E-state index contributed by atoms with van der Waals surface area (Å²) in [5.74, 6) is -11.1. The molecule has 4 fully saturated rings. The van der Waals surface area contributed by atoms with E-state index in [0.29, 0.717) is 16.2 Å². The maximum atomic E-state index is 14.7. The lowest BCUT2D eigenvalue weighted by Crippen LogP contribution is -2.64. The van der Waals surface area contributed by atoms with Crippen molar-refractivity contribution in [2.75, 3.05) is 37.6 Å². The molecule has 15 N–H and O–H groups in total. The molecule has 3 aromatic carbocycles. The lowest BCUT2D eigenvalue weighted by atomic mass is 9.98. The summed E-state index contributed by atoms with van der Waals surface area (Å²) in [7, 11) is 0. The molecule has 4 saturated heterocycles. The fourth-order valence-electron chi connectivity index (χ4n) is 11.6. The Kier molecular flexibility index (Phi) is 22.0. The number of primary amides is 1. The molecule has 496 valence electrons.